The number of nitrogens with zero attached hydrogens (tertiary/aromatic N) is 4. The van der Waals surface area contributed by atoms with E-state index < -0.39 is 23.3 Å². The molecule has 0 radical (unpaired) electrons. The number of carbonyl (C=O) groups excluding carboxylic acids is 3. The van der Waals surface area contributed by atoms with E-state index in [0.29, 0.717) is 44.6 Å². The Labute approximate surface area is 226 Å². The van der Waals surface area contributed by atoms with Gasteiger partial charge in [0.05, 0.1) is 54.2 Å². The highest BCUT2D eigenvalue weighted by Gasteiger charge is 2.48. The maximum atomic E-state index is 14.4. The summed E-state index contributed by atoms with van der Waals surface area (Å²) >= 11 is 0. The van der Waals surface area contributed by atoms with Gasteiger partial charge in [-0.3, -0.25) is 14.4 Å². The van der Waals surface area contributed by atoms with Crippen molar-refractivity contribution in [2.45, 2.75) is 25.9 Å². The number of nitriles is 2. The minimum Gasteiger partial charge on any atom is -0.496 e. The van der Waals surface area contributed by atoms with E-state index in [1.165, 1.54) is 37.8 Å². The molecule has 39 heavy (non-hydrogen) atoms. The van der Waals surface area contributed by atoms with E-state index in [0.717, 1.165) is 0 Å². The van der Waals surface area contributed by atoms with Gasteiger partial charge in [0.2, 0.25) is 17.7 Å². The van der Waals surface area contributed by atoms with Crippen LogP contribution in [0.25, 0.3) is 10.8 Å². The number of nitrogens with one attached hydrogen (secondary N) is 1. The summed E-state index contributed by atoms with van der Waals surface area (Å²) in [6.07, 6.45) is 0. The van der Waals surface area contributed by atoms with Crippen LogP contribution in [0.1, 0.15) is 30.5 Å². The van der Waals surface area contributed by atoms with E-state index in [-0.39, 0.29) is 19.0 Å². The van der Waals surface area contributed by atoms with Crippen LogP contribution in [0.3, 0.4) is 0 Å². The van der Waals surface area contributed by atoms with E-state index in [4.69, 9.17) is 10.5 Å². The van der Waals surface area contributed by atoms with Crippen molar-refractivity contribution in [3.05, 3.63) is 65.2 Å². The molecular formula is C29H28N6O4. The third-order valence-corrected chi connectivity index (χ3v) is 7.51. The smallest absolute Gasteiger partial charge is 0.238 e. The summed E-state index contributed by atoms with van der Waals surface area (Å²) in [7, 11) is 3.05. The largest absolute Gasteiger partial charge is 0.496 e. The Kier molecular flexibility index (Phi) is 7.26. The zero-order chi connectivity index (χ0) is 28.5. The molecule has 3 amide bonds. The minimum absolute atomic E-state index is 0.00602. The monoisotopic (exact) mass is 524 g/mol. The number of rotatable bonds is 6. The van der Waals surface area contributed by atoms with Gasteiger partial charge >= 0.3 is 0 Å². The number of benzene rings is 3. The molecule has 3 aromatic rings. The molecule has 3 N–H and O–H groups in total. The molecule has 1 aliphatic heterocycles. The highest BCUT2D eigenvalue weighted by atomic mass is 16.5. The Morgan fingerprint density at radius 2 is 1.87 bits per heavy atom. The lowest BCUT2D eigenvalue weighted by Crippen LogP contribution is -2.63. The molecule has 2 atom stereocenters. The van der Waals surface area contributed by atoms with Crippen molar-refractivity contribution in [2.75, 3.05) is 30.5 Å². The Bertz CT molecular complexity index is 1590. The number of anilines is 2. The summed E-state index contributed by atoms with van der Waals surface area (Å²) in [5.41, 5.74) is 6.43. The van der Waals surface area contributed by atoms with E-state index >= 15 is 0 Å². The third kappa shape index (κ3) is 4.52. The average molecular weight is 525 g/mol. The van der Waals surface area contributed by atoms with E-state index in [1.807, 2.05) is 6.07 Å². The number of likely N-dealkylation sites (N-methyl/N-ethyl adjacent to an activating group) is 1. The Balaban J connectivity index is 2.02. The van der Waals surface area contributed by atoms with Crippen LogP contribution in [0, 0.1) is 28.6 Å². The Morgan fingerprint density at radius 3 is 2.46 bits per heavy atom. The molecule has 10 nitrogen and oxygen atoms in total. The van der Waals surface area contributed by atoms with Crippen LogP contribution in [-0.2, 0) is 20.9 Å². The number of hydrogen-bond acceptors (Lipinski definition) is 7. The number of primary amides is 1. The van der Waals surface area contributed by atoms with Crippen LogP contribution >= 0.6 is 0 Å². The number of carbonyl (C=O) groups is 3. The SMILES string of the molecule is CNC(C)(C(N)=O)[C@@H]1CN(C(C)=O)c2cc(C#N)ccc2N(Cc2c(OC)ccc3c(C#N)cccc23)C1=O. The van der Waals surface area contributed by atoms with Crippen molar-refractivity contribution in [3.8, 4) is 17.9 Å². The van der Waals surface area contributed by atoms with Crippen molar-refractivity contribution >= 4 is 39.9 Å². The first-order valence-electron chi connectivity index (χ1n) is 12.2. The molecule has 0 fully saturated rings. The second kappa shape index (κ2) is 10.4. The third-order valence-electron chi connectivity index (χ3n) is 7.51. The summed E-state index contributed by atoms with van der Waals surface area (Å²) < 4.78 is 5.66. The van der Waals surface area contributed by atoms with E-state index in [2.05, 4.69) is 17.5 Å². The van der Waals surface area contributed by atoms with Crippen LogP contribution in [0.4, 0.5) is 11.4 Å². The van der Waals surface area contributed by atoms with Crippen molar-refractivity contribution in [3.63, 3.8) is 0 Å². The second-order valence-electron chi connectivity index (χ2n) is 9.50. The molecule has 4 rings (SSSR count). The van der Waals surface area contributed by atoms with Gasteiger partial charge in [0.15, 0.2) is 0 Å². The minimum atomic E-state index is -1.50. The molecule has 0 bridgehead atoms. The Hall–Kier alpha value is -4.93. The fraction of sp³-hybridized carbons (Fsp3) is 0.276. The number of fused-ring (bicyclic) bond motifs is 2. The van der Waals surface area contributed by atoms with Crippen molar-refractivity contribution < 1.29 is 19.1 Å². The molecule has 1 aliphatic rings. The van der Waals surface area contributed by atoms with Gasteiger partial charge in [0.1, 0.15) is 11.3 Å². The fourth-order valence-electron chi connectivity index (χ4n) is 5.07. The summed E-state index contributed by atoms with van der Waals surface area (Å²) in [6, 6.07) is 17.8. The van der Waals surface area contributed by atoms with Crippen LogP contribution in [-0.4, -0.2) is 44.0 Å². The van der Waals surface area contributed by atoms with Gasteiger partial charge in [-0.05, 0) is 55.8 Å². The maximum Gasteiger partial charge on any atom is 0.238 e. The molecule has 10 heteroatoms. The predicted octanol–water partition coefficient (Wildman–Crippen LogP) is 2.57. The summed E-state index contributed by atoms with van der Waals surface area (Å²) in [6.45, 7) is 2.74. The zero-order valence-corrected chi connectivity index (χ0v) is 22.1. The van der Waals surface area contributed by atoms with Gasteiger partial charge in [-0.15, -0.1) is 0 Å². The number of amides is 3. The van der Waals surface area contributed by atoms with Gasteiger partial charge in [-0.2, -0.15) is 10.5 Å². The predicted molar refractivity (Wildman–Crippen MR) is 146 cm³/mol. The number of hydrogen-bond donors (Lipinski definition) is 2. The topological polar surface area (TPSA) is 153 Å². The summed E-state index contributed by atoms with van der Waals surface area (Å²) in [5, 5.41) is 23.5. The molecule has 0 aliphatic carbocycles. The first kappa shape index (κ1) is 27.1. The molecular weight excluding hydrogens is 496 g/mol. The van der Waals surface area contributed by atoms with Crippen LogP contribution in [0.2, 0.25) is 0 Å². The van der Waals surface area contributed by atoms with Crippen molar-refractivity contribution in [1.82, 2.24) is 5.32 Å². The summed E-state index contributed by atoms with van der Waals surface area (Å²) in [4.78, 5) is 42.8. The lowest BCUT2D eigenvalue weighted by molar-refractivity contribution is -0.133. The first-order chi connectivity index (χ1) is 18.6. The van der Waals surface area contributed by atoms with Crippen molar-refractivity contribution in [1.29, 1.82) is 10.5 Å². The lowest BCUT2D eigenvalue weighted by atomic mass is 9.83. The first-order valence-corrected chi connectivity index (χ1v) is 12.2. The van der Waals surface area contributed by atoms with Gasteiger partial charge in [-0.1, -0.05) is 12.1 Å². The number of ether oxygens (including phenoxy) is 1. The lowest BCUT2D eigenvalue weighted by Gasteiger charge is -2.36. The molecule has 198 valence electrons. The molecule has 0 spiro atoms. The van der Waals surface area contributed by atoms with Crippen LogP contribution < -0.4 is 25.6 Å². The highest BCUT2D eigenvalue weighted by Crippen LogP contribution is 2.40. The normalized spacial score (nSPS) is 16.5. The zero-order valence-electron chi connectivity index (χ0n) is 22.1. The quantitative estimate of drug-likeness (QED) is 0.503. The fourth-order valence-corrected chi connectivity index (χ4v) is 5.07. The van der Waals surface area contributed by atoms with Gasteiger partial charge in [0.25, 0.3) is 0 Å². The Morgan fingerprint density at radius 1 is 1.13 bits per heavy atom. The number of methoxy groups -OCH3 is 1. The standard InChI is InChI=1S/C29H28N6O4/c1-17(36)34-16-23(29(2,33-3)28(32)38)27(37)35(24-10-8-18(13-30)12-25(24)34)15-22-21-7-5-6-19(14-31)20(21)9-11-26(22)39-4/h5-12,23,33H,15-16H2,1-4H3,(H2,32,38)/t23-,29?/m1/s1. The molecule has 0 aromatic heterocycles. The van der Waals surface area contributed by atoms with Gasteiger partial charge < -0.3 is 25.6 Å². The number of nitrogens with two attached hydrogens (primary N) is 1. The highest BCUT2D eigenvalue weighted by molar-refractivity contribution is 6.08. The van der Waals surface area contributed by atoms with Crippen molar-refractivity contribution in [2.24, 2.45) is 11.7 Å². The molecule has 1 heterocycles. The van der Waals surface area contributed by atoms with Gasteiger partial charge in [-0.25, -0.2) is 0 Å². The van der Waals surface area contributed by atoms with E-state index in [9.17, 15) is 24.9 Å². The van der Waals surface area contributed by atoms with E-state index in [1.54, 1.807) is 42.5 Å². The van der Waals surface area contributed by atoms with Crippen LogP contribution in [0.5, 0.6) is 5.75 Å². The second-order valence-corrected chi connectivity index (χ2v) is 9.50. The molecule has 0 saturated carbocycles. The molecule has 0 saturated heterocycles. The van der Waals surface area contributed by atoms with Crippen LogP contribution in [0.15, 0.2) is 48.5 Å². The maximum absolute atomic E-state index is 14.4. The van der Waals surface area contributed by atoms with Gasteiger partial charge in [0, 0.05) is 24.4 Å². The average Bonchev–Trinajstić information content (AvgIpc) is 3.06. The molecule has 1 unspecified atom stereocenters. The summed E-state index contributed by atoms with van der Waals surface area (Å²) in [5.74, 6) is -2.14. The molecule has 3 aromatic carbocycles.